The molecule has 0 heterocycles. The van der Waals surface area contributed by atoms with Gasteiger partial charge in [-0.2, -0.15) is 0 Å². The predicted octanol–water partition coefficient (Wildman–Crippen LogP) is 1.77. The largest absolute Gasteiger partial charge is 0.480 e. The summed E-state index contributed by atoms with van der Waals surface area (Å²) in [4.78, 5) is 22.5. The average molecular weight is 273 g/mol. The van der Waals surface area contributed by atoms with Crippen LogP contribution in [0.3, 0.4) is 0 Å². The van der Waals surface area contributed by atoms with E-state index in [1.807, 2.05) is 24.3 Å². The zero-order valence-corrected chi connectivity index (χ0v) is 11.6. The van der Waals surface area contributed by atoms with Gasteiger partial charge in [0.15, 0.2) is 0 Å². The van der Waals surface area contributed by atoms with Crippen molar-refractivity contribution in [1.82, 2.24) is 5.32 Å². The van der Waals surface area contributed by atoms with Crippen molar-refractivity contribution in [1.29, 1.82) is 0 Å². The Morgan fingerprint density at radius 3 is 2.40 bits per heavy atom. The molecule has 0 saturated heterocycles. The molecule has 0 radical (unpaired) electrons. The lowest BCUT2D eigenvalue weighted by molar-refractivity contribution is -0.141. The Hall–Kier alpha value is -2.28. The molecule has 20 heavy (non-hydrogen) atoms. The number of hydrogen-bond acceptors (Lipinski definition) is 2. The lowest BCUT2D eigenvalue weighted by Gasteiger charge is -2.11. The van der Waals surface area contributed by atoms with Crippen LogP contribution in [-0.4, -0.2) is 23.0 Å². The SMILES string of the molecule is C#CCC(NC(=O)CCc1ccc(CC)cc1)C(=O)O. The van der Waals surface area contributed by atoms with Gasteiger partial charge < -0.3 is 10.4 Å². The number of nitrogens with one attached hydrogen (secondary N) is 1. The molecule has 0 spiro atoms. The minimum Gasteiger partial charge on any atom is -0.480 e. The highest BCUT2D eigenvalue weighted by Crippen LogP contribution is 2.07. The summed E-state index contributed by atoms with van der Waals surface area (Å²) in [6, 6.07) is 7.04. The van der Waals surface area contributed by atoms with Crippen LogP contribution in [0.1, 0.15) is 30.9 Å². The molecule has 2 N–H and O–H groups in total. The van der Waals surface area contributed by atoms with Crippen molar-refractivity contribution >= 4 is 11.9 Å². The first kappa shape index (κ1) is 15.8. The summed E-state index contributed by atoms with van der Waals surface area (Å²) in [6.45, 7) is 2.08. The fourth-order valence-electron chi connectivity index (χ4n) is 1.78. The summed E-state index contributed by atoms with van der Waals surface area (Å²) in [6.07, 6.45) is 6.87. The first-order chi connectivity index (χ1) is 9.56. The number of terminal acetylenes is 1. The van der Waals surface area contributed by atoms with Gasteiger partial charge in [-0.15, -0.1) is 12.3 Å². The van der Waals surface area contributed by atoms with Crippen LogP contribution >= 0.6 is 0 Å². The lowest BCUT2D eigenvalue weighted by Crippen LogP contribution is -2.40. The van der Waals surface area contributed by atoms with E-state index in [-0.39, 0.29) is 18.7 Å². The molecular weight excluding hydrogens is 254 g/mol. The van der Waals surface area contributed by atoms with Gasteiger partial charge in [0.25, 0.3) is 0 Å². The second-order valence-electron chi connectivity index (χ2n) is 4.54. The van der Waals surface area contributed by atoms with Crippen LogP contribution < -0.4 is 5.32 Å². The van der Waals surface area contributed by atoms with E-state index in [2.05, 4.69) is 18.2 Å². The van der Waals surface area contributed by atoms with Crippen molar-refractivity contribution in [2.24, 2.45) is 0 Å². The molecule has 1 atom stereocenters. The molecular formula is C16H19NO3. The highest BCUT2D eigenvalue weighted by atomic mass is 16.4. The fourth-order valence-corrected chi connectivity index (χ4v) is 1.78. The Bertz CT molecular complexity index is 499. The summed E-state index contributed by atoms with van der Waals surface area (Å²) in [5, 5.41) is 11.3. The smallest absolute Gasteiger partial charge is 0.327 e. The predicted molar refractivity (Wildman–Crippen MR) is 77.2 cm³/mol. The van der Waals surface area contributed by atoms with E-state index in [0.29, 0.717) is 6.42 Å². The second-order valence-corrected chi connectivity index (χ2v) is 4.54. The van der Waals surface area contributed by atoms with E-state index in [1.165, 1.54) is 5.56 Å². The molecule has 0 saturated carbocycles. The third kappa shape index (κ3) is 5.15. The Kier molecular flexibility index (Phi) is 6.31. The first-order valence-corrected chi connectivity index (χ1v) is 6.60. The molecule has 0 fully saturated rings. The molecule has 1 aromatic rings. The van der Waals surface area contributed by atoms with Gasteiger partial charge in [-0.05, 0) is 24.0 Å². The van der Waals surface area contributed by atoms with Gasteiger partial charge in [-0.25, -0.2) is 4.79 Å². The standard InChI is InChI=1S/C16H19NO3/c1-3-5-14(16(19)20)17-15(18)11-10-13-8-6-12(4-2)7-9-13/h1,6-9,14H,4-5,10-11H2,2H3,(H,17,18)(H,19,20). The quantitative estimate of drug-likeness (QED) is 0.744. The van der Waals surface area contributed by atoms with Crippen molar-refractivity contribution in [3.05, 3.63) is 35.4 Å². The summed E-state index contributed by atoms with van der Waals surface area (Å²) in [5.74, 6) is 0.839. The van der Waals surface area contributed by atoms with E-state index in [4.69, 9.17) is 11.5 Å². The van der Waals surface area contributed by atoms with Crippen molar-refractivity contribution in [3.8, 4) is 12.3 Å². The molecule has 1 aromatic carbocycles. The Labute approximate surface area is 119 Å². The maximum Gasteiger partial charge on any atom is 0.327 e. The number of benzene rings is 1. The van der Waals surface area contributed by atoms with Crippen LogP contribution in [0.25, 0.3) is 0 Å². The first-order valence-electron chi connectivity index (χ1n) is 6.60. The second kappa shape index (κ2) is 8.00. The number of carboxylic acid groups (broad SMARTS) is 1. The van der Waals surface area contributed by atoms with Crippen LogP contribution in [0.4, 0.5) is 0 Å². The van der Waals surface area contributed by atoms with Crippen LogP contribution in [0.5, 0.6) is 0 Å². The maximum atomic E-state index is 11.7. The van der Waals surface area contributed by atoms with Gasteiger partial charge in [0.1, 0.15) is 6.04 Å². The summed E-state index contributed by atoms with van der Waals surface area (Å²) >= 11 is 0. The number of aliphatic carboxylic acids is 1. The van der Waals surface area contributed by atoms with Crippen LogP contribution in [0.15, 0.2) is 24.3 Å². The van der Waals surface area contributed by atoms with Crippen LogP contribution in [0, 0.1) is 12.3 Å². The van der Waals surface area contributed by atoms with Crippen molar-refractivity contribution < 1.29 is 14.7 Å². The van der Waals surface area contributed by atoms with E-state index in [9.17, 15) is 9.59 Å². The van der Waals surface area contributed by atoms with E-state index >= 15 is 0 Å². The monoisotopic (exact) mass is 273 g/mol. The molecule has 4 heteroatoms. The topological polar surface area (TPSA) is 66.4 Å². The van der Waals surface area contributed by atoms with Gasteiger partial charge in [-0.1, -0.05) is 31.2 Å². The number of carboxylic acids is 1. The Morgan fingerprint density at radius 2 is 1.90 bits per heavy atom. The minimum atomic E-state index is -1.11. The molecule has 0 aliphatic rings. The molecule has 0 aromatic heterocycles. The molecule has 106 valence electrons. The van der Waals surface area contributed by atoms with Crippen LogP contribution in [0.2, 0.25) is 0 Å². The number of aryl methyl sites for hydroxylation is 2. The lowest BCUT2D eigenvalue weighted by atomic mass is 10.1. The molecule has 0 bridgehead atoms. The van der Waals surface area contributed by atoms with Gasteiger partial charge in [0.2, 0.25) is 5.91 Å². The zero-order valence-electron chi connectivity index (χ0n) is 11.6. The number of rotatable bonds is 7. The van der Waals surface area contributed by atoms with Crippen LogP contribution in [-0.2, 0) is 22.4 Å². The molecule has 1 unspecified atom stereocenters. The molecule has 0 aliphatic carbocycles. The molecule has 0 aliphatic heterocycles. The maximum absolute atomic E-state index is 11.7. The normalized spacial score (nSPS) is 11.4. The van der Waals surface area contributed by atoms with E-state index < -0.39 is 12.0 Å². The third-order valence-electron chi connectivity index (χ3n) is 3.03. The van der Waals surface area contributed by atoms with Gasteiger partial charge >= 0.3 is 5.97 Å². The minimum absolute atomic E-state index is 0.00767. The Balaban J connectivity index is 2.46. The zero-order chi connectivity index (χ0) is 15.0. The van der Waals surface area contributed by atoms with Crippen molar-refractivity contribution in [2.45, 2.75) is 38.6 Å². The summed E-state index contributed by atoms with van der Waals surface area (Å²) in [7, 11) is 0. The highest BCUT2D eigenvalue weighted by molar-refractivity contribution is 5.83. The molecule has 1 rings (SSSR count). The third-order valence-corrected chi connectivity index (χ3v) is 3.03. The number of carbonyl (C=O) groups excluding carboxylic acids is 1. The van der Waals surface area contributed by atoms with E-state index in [1.54, 1.807) is 0 Å². The van der Waals surface area contributed by atoms with Gasteiger partial charge in [-0.3, -0.25) is 4.79 Å². The van der Waals surface area contributed by atoms with Gasteiger partial charge in [0, 0.05) is 12.8 Å². The Morgan fingerprint density at radius 1 is 1.30 bits per heavy atom. The van der Waals surface area contributed by atoms with Crippen molar-refractivity contribution in [3.63, 3.8) is 0 Å². The van der Waals surface area contributed by atoms with E-state index in [0.717, 1.165) is 12.0 Å². The highest BCUT2D eigenvalue weighted by Gasteiger charge is 2.18. The fraction of sp³-hybridized carbons (Fsp3) is 0.375. The van der Waals surface area contributed by atoms with Crippen molar-refractivity contribution in [2.75, 3.05) is 0 Å². The number of carbonyl (C=O) groups is 2. The van der Waals surface area contributed by atoms with Gasteiger partial charge in [0.05, 0.1) is 0 Å². The number of hydrogen-bond donors (Lipinski definition) is 2. The number of amides is 1. The summed E-state index contributed by atoms with van der Waals surface area (Å²) in [5.41, 5.74) is 2.30. The molecule has 4 nitrogen and oxygen atoms in total. The molecule has 1 amide bonds. The average Bonchev–Trinajstić information content (AvgIpc) is 2.45. The summed E-state index contributed by atoms with van der Waals surface area (Å²) < 4.78 is 0.